The van der Waals surface area contributed by atoms with Gasteiger partial charge in [0, 0.05) is 5.97 Å². The van der Waals surface area contributed by atoms with E-state index in [-0.39, 0.29) is 24.5 Å². The molecule has 1 N–H and O–H groups in total. The summed E-state index contributed by atoms with van der Waals surface area (Å²) in [5.41, 5.74) is -5.58. The summed E-state index contributed by atoms with van der Waals surface area (Å²) in [5.74, 6) is -2.27. The summed E-state index contributed by atoms with van der Waals surface area (Å²) < 4.78 is 58.9. The molecule has 0 spiro atoms. The van der Waals surface area contributed by atoms with Crippen LogP contribution in [-0.4, -0.2) is 35.9 Å². The minimum absolute atomic E-state index is 0. The van der Waals surface area contributed by atoms with Crippen LogP contribution >= 0.6 is 0 Å². The van der Waals surface area contributed by atoms with Gasteiger partial charge in [0.1, 0.15) is 0 Å². The Morgan fingerprint density at radius 2 is 1.20 bits per heavy atom. The Balaban J connectivity index is -0.0000000564. The molecule has 0 unspecified atom stereocenters. The second-order valence-electron chi connectivity index (χ2n) is 2.46. The van der Waals surface area contributed by atoms with E-state index in [2.05, 4.69) is 6.58 Å². The zero-order valence-corrected chi connectivity index (χ0v) is 11.7. The molecule has 0 radical (unpaired) electrons. The quantitative estimate of drug-likeness (QED) is 0.167. The van der Waals surface area contributed by atoms with Gasteiger partial charge in [0.15, 0.2) is 10.1 Å². The number of halogens is 3. The molecule has 0 aliphatic carbocycles. The predicted molar refractivity (Wildman–Crippen MR) is 57.0 cm³/mol. The molecule has 0 atom stereocenters. The second kappa shape index (κ2) is 12.7. The highest BCUT2D eigenvalue weighted by atomic mass is 32.2. The van der Waals surface area contributed by atoms with Gasteiger partial charge < -0.3 is 43.3 Å². The van der Waals surface area contributed by atoms with E-state index in [0.29, 0.717) is 0 Å². The van der Waals surface area contributed by atoms with Crippen LogP contribution in [-0.2, 0) is 33.2 Å². The number of aliphatic carboxylic acids is 2. The molecule has 0 fully saturated rings. The summed E-state index contributed by atoms with van der Waals surface area (Å²) in [4.78, 5) is 18.4. The number of rotatable bonds is 1. The maximum absolute atomic E-state index is 10.7. The lowest BCUT2D eigenvalue weighted by molar-refractivity contribution is -0.302. The third-order valence-electron chi connectivity index (χ3n) is 0.632. The Labute approximate surface area is 119 Å². The van der Waals surface area contributed by atoms with E-state index in [1.807, 2.05) is 0 Å². The fourth-order valence-corrected chi connectivity index (χ4v) is 0. The molecular formula is C7H10F3O8S2-5. The smallest absolute Gasteiger partial charge is 0.485 e. The fourth-order valence-electron chi connectivity index (χ4n) is 0. The Bertz CT molecular complexity index is 385. The van der Waals surface area contributed by atoms with E-state index in [1.165, 1.54) is 6.92 Å². The average Bonchev–Trinajstić information content (AvgIpc) is 1.99. The monoisotopic (exact) mass is 343 g/mol. The lowest BCUT2D eigenvalue weighted by atomic mass is 10.4. The van der Waals surface area contributed by atoms with Crippen molar-refractivity contribution in [2.24, 2.45) is 0 Å². The molecule has 0 heterocycles. The van der Waals surface area contributed by atoms with Crippen LogP contribution in [0.5, 0.6) is 0 Å². The van der Waals surface area contributed by atoms with Crippen molar-refractivity contribution in [1.82, 2.24) is 0 Å². The molecule has 0 saturated carbocycles. The van der Waals surface area contributed by atoms with E-state index in [1.54, 1.807) is 0 Å². The van der Waals surface area contributed by atoms with Gasteiger partial charge >= 0.3 is 5.51 Å². The zero-order valence-electron chi connectivity index (χ0n) is 10.0. The van der Waals surface area contributed by atoms with Crippen molar-refractivity contribution in [3.05, 3.63) is 12.2 Å². The van der Waals surface area contributed by atoms with Crippen molar-refractivity contribution < 1.29 is 51.4 Å². The first kappa shape index (κ1) is 31.2. The molecule has 0 rings (SSSR count). The number of hydrogen-bond acceptors (Lipinski definition) is 9. The Morgan fingerprint density at radius 1 is 1.10 bits per heavy atom. The van der Waals surface area contributed by atoms with Crippen LogP contribution in [0.1, 0.15) is 13.8 Å². The lowest BCUT2D eigenvalue weighted by Crippen LogP contribution is -2.22. The van der Waals surface area contributed by atoms with E-state index < -0.39 is 27.6 Å². The maximum Gasteiger partial charge on any atom is 0.485 e. The molecule has 13 heteroatoms. The van der Waals surface area contributed by atoms with E-state index in [9.17, 15) is 23.1 Å². The first-order valence-electron chi connectivity index (χ1n) is 3.69. The van der Waals surface area contributed by atoms with Crippen LogP contribution in [0.25, 0.3) is 0 Å². The van der Waals surface area contributed by atoms with Crippen LogP contribution in [0.2, 0.25) is 0 Å². The van der Waals surface area contributed by atoms with Crippen molar-refractivity contribution in [3.8, 4) is 0 Å². The van der Waals surface area contributed by atoms with Gasteiger partial charge in [0.2, 0.25) is 0 Å². The van der Waals surface area contributed by atoms with Crippen molar-refractivity contribution >= 4 is 35.6 Å². The highest BCUT2D eigenvalue weighted by Crippen LogP contribution is 2.20. The molecule has 0 aliphatic heterocycles. The second-order valence-corrected chi connectivity index (χ2v) is 3.83. The van der Waals surface area contributed by atoms with Crippen LogP contribution < -0.4 is 10.2 Å². The Morgan fingerprint density at radius 3 is 1.20 bits per heavy atom. The topological polar surface area (TPSA) is 167 Å². The molecule has 0 aromatic heterocycles. The summed E-state index contributed by atoms with van der Waals surface area (Å²) in [7, 11) is -6.09. The Hall–Kier alpha value is -1.31. The molecule has 0 aromatic carbocycles. The van der Waals surface area contributed by atoms with E-state index in [4.69, 9.17) is 22.9 Å². The molecule has 0 saturated heterocycles. The first-order chi connectivity index (χ1) is 7.62. The molecule has 124 valence electrons. The molecule has 0 aliphatic rings. The van der Waals surface area contributed by atoms with Gasteiger partial charge in [-0.15, -0.1) is 0 Å². The Kier molecular flexibility index (Phi) is 19.8. The van der Waals surface area contributed by atoms with E-state index >= 15 is 0 Å². The number of alkyl halides is 3. The lowest BCUT2D eigenvalue weighted by Gasteiger charge is -2.08. The fraction of sp³-hybridized carbons (Fsp3) is 0.429. The standard InChI is InChI=1S/C4H6O2.C2H4O2.CHF3O3S.H2O.H2S/c1-3(2)4(5)6;1-2(3)4;2-1(3,4)8(5,6)7;;/h1H2,2H3,(H,5,6);1H3,(H,3,4);(H,5,6,7);2*1H2/p-5. The van der Waals surface area contributed by atoms with Gasteiger partial charge in [0.25, 0.3) is 0 Å². The van der Waals surface area contributed by atoms with Gasteiger partial charge in [-0.05, 0) is 19.4 Å². The normalized spacial score (nSPS) is 9.10. The average molecular weight is 343 g/mol. The largest absolute Gasteiger partial charge is 0.870 e. The number of hydrogen-bond donors (Lipinski definition) is 0. The van der Waals surface area contributed by atoms with Gasteiger partial charge in [-0.2, -0.15) is 13.2 Å². The predicted octanol–water partition coefficient (Wildman–Crippen LogP) is -2.33. The van der Waals surface area contributed by atoms with Crippen LogP contribution in [0, 0.1) is 0 Å². The molecule has 0 amide bonds. The molecule has 0 aromatic rings. The van der Waals surface area contributed by atoms with Crippen LogP contribution in [0.15, 0.2) is 12.2 Å². The summed E-state index contributed by atoms with van der Waals surface area (Å²) in [6.07, 6.45) is 0. The van der Waals surface area contributed by atoms with Crippen molar-refractivity contribution in [2.75, 3.05) is 0 Å². The molecular weight excluding hydrogens is 333 g/mol. The SMILES string of the molecule is C=C(C)C(=O)[O-].CC(=O)[O-].O=S(=O)([O-])C(F)(F)F.[OH-].[SH-]. The minimum Gasteiger partial charge on any atom is -0.870 e. The highest BCUT2D eigenvalue weighted by molar-refractivity contribution is 7.86. The highest BCUT2D eigenvalue weighted by Gasteiger charge is 2.36. The van der Waals surface area contributed by atoms with Crippen LogP contribution in [0.4, 0.5) is 13.2 Å². The summed E-state index contributed by atoms with van der Waals surface area (Å²) in [6, 6.07) is 0. The summed E-state index contributed by atoms with van der Waals surface area (Å²) in [6.45, 7) is 5.45. The summed E-state index contributed by atoms with van der Waals surface area (Å²) in [5, 5.41) is 18.4. The number of carboxylic acids is 2. The van der Waals surface area contributed by atoms with Gasteiger partial charge in [-0.3, -0.25) is 0 Å². The maximum atomic E-state index is 10.7. The zero-order chi connectivity index (χ0) is 15.7. The van der Waals surface area contributed by atoms with Crippen molar-refractivity contribution in [2.45, 2.75) is 19.4 Å². The minimum atomic E-state index is -6.09. The number of carbonyl (C=O) groups excluding carboxylic acids is 2. The number of thiol groups is 1. The molecule has 20 heavy (non-hydrogen) atoms. The number of carbonyl (C=O) groups is 2. The number of carboxylic acid groups (broad SMARTS) is 2. The van der Waals surface area contributed by atoms with E-state index in [0.717, 1.165) is 6.92 Å². The summed E-state index contributed by atoms with van der Waals surface area (Å²) >= 11 is 0. The molecule has 0 bridgehead atoms. The van der Waals surface area contributed by atoms with Gasteiger partial charge in [-0.25, -0.2) is 8.42 Å². The van der Waals surface area contributed by atoms with Crippen molar-refractivity contribution in [1.29, 1.82) is 0 Å². The van der Waals surface area contributed by atoms with Gasteiger partial charge in [-0.1, -0.05) is 6.58 Å². The van der Waals surface area contributed by atoms with Crippen molar-refractivity contribution in [3.63, 3.8) is 0 Å². The third-order valence-corrected chi connectivity index (χ3v) is 1.20. The first-order valence-corrected chi connectivity index (χ1v) is 5.10. The molecule has 8 nitrogen and oxygen atoms in total. The van der Waals surface area contributed by atoms with Gasteiger partial charge in [0.05, 0.1) is 5.97 Å². The van der Waals surface area contributed by atoms with Crippen LogP contribution in [0.3, 0.4) is 0 Å². The third kappa shape index (κ3) is 30.1.